The summed E-state index contributed by atoms with van der Waals surface area (Å²) < 4.78 is 26.7. The molecule has 1 amide bonds. The summed E-state index contributed by atoms with van der Waals surface area (Å²) in [4.78, 5) is 22.0. The first-order valence-electron chi connectivity index (χ1n) is 6.49. The molecule has 0 saturated heterocycles. The van der Waals surface area contributed by atoms with Gasteiger partial charge in [-0.3, -0.25) is 19.6 Å². The van der Waals surface area contributed by atoms with Crippen LogP contribution in [-0.4, -0.2) is 25.7 Å². The number of alkyl halides is 2. The molecule has 1 aromatic heterocycles. The number of anilines is 1. The Morgan fingerprint density at radius 2 is 2.21 bits per heavy atom. The molecule has 0 aliphatic carbocycles. The number of nitrogens with zero attached hydrogens (tertiary/aromatic N) is 3. The first-order chi connectivity index (χ1) is 11.2. The molecular formula is C13H11BrF2N4O4. The van der Waals surface area contributed by atoms with Gasteiger partial charge in [0.15, 0.2) is 0 Å². The van der Waals surface area contributed by atoms with Crippen molar-refractivity contribution in [3.05, 3.63) is 44.2 Å². The summed E-state index contributed by atoms with van der Waals surface area (Å²) in [5.74, 6) is -1.05. The van der Waals surface area contributed by atoms with Crippen molar-refractivity contribution in [3.8, 4) is 5.75 Å². The van der Waals surface area contributed by atoms with Crippen molar-refractivity contribution < 1.29 is 23.6 Å². The van der Waals surface area contributed by atoms with Crippen LogP contribution in [0.25, 0.3) is 0 Å². The highest BCUT2D eigenvalue weighted by atomic mass is 79.9. The fraction of sp³-hybridized carbons (Fsp3) is 0.231. The molecule has 0 radical (unpaired) electrons. The van der Waals surface area contributed by atoms with Crippen LogP contribution in [-0.2, 0) is 11.3 Å². The average Bonchev–Trinajstić information content (AvgIpc) is 2.77. The monoisotopic (exact) mass is 404 g/mol. The highest BCUT2D eigenvalue weighted by molar-refractivity contribution is 9.10. The lowest BCUT2D eigenvalue weighted by molar-refractivity contribution is -0.384. The Labute approximate surface area is 142 Å². The molecule has 1 aromatic carbocycles. The molecule has 1 heterocycles. The number of amides is 1. The fourth-order valence-electron chi connectivity index (χ4n) is 1.90. The Balaban J connectivity index is 2.19. The number of carbonyl (C=O) groups is 1. The molecule has 24 heavy (non-hydrogen) atoms. The van der Waals surface area contributed by atoms with Crippen LogP contribution >= 0.6 is 15.9 Å². The number of aromatic hydroxyl groups is 1. The van der Waals surface area contributed by atoms with Gasteiger partial charge in [-0.25, -0.2) is 8.78 Å². The quantitative estimate of drug-likeness (QED) is 0.451. The van der Waals surface area contributed by atoms with Gasteiger partial charge in [-0.2, -0.15) is 5.10 Å². The van der Waals surface area contributed by atoms with Gasteiger partial charge in [0, 0.05) is 12.1 Å². The number of hydrogen-bond acceptors (Lipinski definition) is 5. The molecule has 0 aliphatic rings. The molecular weight excluding hydrogens is 394 g/mol. The molecule has 0 aliphatic heterocycles. The Morgan fingerprint density at radius 3 is 2.75 bits per heavy atom. The molecule has 2 rings (SSSR count). The van der Waals surface area contributed by atoms with E-state index in [0.717, 1.165) is 22.9 Å². The Hall–Kier alpha value is -2.56. The van der Waals surface area contributed by atoms with Crippen molar-refractivity contribution in [1.82, 2.24) is 9.78 Å². The highest BCUT2D eigenvalue weighted by Gasteiger charge is 2.21. The maximum Gasteiger partial charge on any atom is 0.283 e. The second kappa shape index (κ2) is 6.91. The number of halogens is 3. The molecule has 2 aromatic rings. The summed E-state index contributed by atoms with van der Waals surface area (Å²) >= 11 is 2.99. The smallest absolute Gasteiger partial charge is 0.283 e. The van der Waals surface area contributed by atoms with Crippen molar-refractivity contribution in [3.63, 3.8) is 0 Å². The van der Waals surface area contributed by atoms with Crippen molar-refractivity contribution in [2.24, 2.45) is 0 Å². The molecule has 0 bridgehead atoms. The molecule has 0 atom stereocenters. The number of nitro groups is 1. The van der Waals surface area contributed by atoms with E-state index in [1.165, 1.54) is 6.92 Å². The zero-order valence-electron chi connectivity index (χ0n) is 12.2. The molecule has 11 heteroatoms. The summed E-state index contributed by atoms with van der Waals surface area (Å²) in [7, 11) is 0. The topological polar surface area (TPSA) is 110 Å². The lowest BCUT2D eigenvalue weighted by atomic mass is 10.2. The minimum atomic E-state index is -2.80. The summed E-state index contributed by atoms with van der Waals surface area (Å²) in [6, 6.07) is 3.14. The van der Waals surface area contributed by atoms with Gasteiger partial charge in [0.25, 0.3) is 12.1 Å². The van der Waals surface area contributed by atoms with E-state index >= 15 is 0 Å². The number of nitrogens with one attached hydrogen (secondary N) is 1. The van der Waals surface area contributed by atoms with E-state index in [4.69, 9.17) is 0 Å². The van der Waals surface area contributed by atoms with E-state index in [9.17, 15) is 28.8 Å². The highest BCUT2D eigenvalue weighted by Crippen LogP contribution is 2.30. The van der Waals surface area contributed by atoms with Crippen LogP contribution < -0.4 is 5.32 Å². The van der Waals surface area contributed by atoms with Crippen LogP contribution in [0.2, 0.25) is 0 Å². The number of phenols is 1. The van der Waals surface area contributed by atoms with Gasteiger partial charge in [0.2, 0.25) is 5.91 Å². The molecule has 128 valence electrons. The SMILES string of the molecule is Cc1c(Br)c(C(F)F)nn1CC(=O)Nc1cc([N+](=O)[O-])ccc1O. The Bertz CT molecular complexity index is 810. The van der Waals surface area contributed by atoms with Gasteiger partial charge in [0.05, 0.1) is 20.8 Å². The molecule has 0 spiro atoms. The van der Waals surface area contributed by atoms with Gasteiger partial charge in [-0.05, 0) is 28.9 Å². The van der Waals surface area contributed by atoms with Crippen molar-refractivity contribution in [1.29, 1.82) is 0 Å². The summed E-state index contributed by atoms with van der Waals surface area (Å²) in [6.45, 7) is 1.10. The predicted molar refractivity (Wildman–Crippen MR) is 83.0 cm³/mol. The number of aromatic nitrogens is 2. The number of nitro benzene ring substituents is 1. The fourth-order valence-corrected chi connectivity index (χ4v) is 2.36. The standard InChI is InChI=1S/C13H11BrF2N4O4/c1-6-11(14)12(13(15)16)18-19(6)5-10(22)17-8-4-7(20(23)24)2-3-9(8)21/h2-4,13,21H,5H2,1H3,(H,17,22). The van der Waals surface area contributed by atoms with Crippen molar-refractivity contribution >= 4 is 33.2 Å². The molecule has 0 unspecified atom stereocenters. The van der Waals surface area contributed by atoms with Crippen molar-refractivity contribution in [2.75, 3.05) is 5.32 Å². The van der Waals surface area contributed by atoms with E-state index in [1.807, 2.05) is 0 Å². The average molecular weight is 405 g/mol. The Morgan fingerprint density at radius 1 is 1.54 bits per heavy atom. The van der Waals surface area contributed by atoms with Gasteiger partial charge in [-0.15, -0.1) is 0 Å². The van der Waals surface area contributed by atoms with Crippen LogP contribution in [0.4, 0.5) is 20.2 Å². The third kappa shape index (κ3) is 3.67. The maximum atomic E-state index is 12.8. The number of rotatable bonds is 5. The van der Waals surface area contributed by atoms with E-state index in [1.54, 1.807) is 0 Å². The normalized spacial score (nSPS) is 10.9. The van der Waals surface area contributed by atoms with Gasteiger partial charge < -0.3 is 10.4 Å². The second-order valence-corrected chi connectivity index (χ2v) is 5.54. The first-order valence-corrected chi connectivity index (χ1v) is 7.28. The predicted octanol–water partition coefficient (Wildman–Crippen LogP) is 3.14. The van der Waals surface area contributed by atoms with Crippen LogP contribution in [0.15, 0.2) is 22.7 Å². The number of hydrogen-bond donors (Lipinski definition) is 2. The van der Waals surface area contributed by atoms with Crippen LogP contribution in [0, 0.1) is 17.0 Å². The molecule has 0 saturated carbocycles. The zero-order chi connectivity index (χ0) is 18.0. The molecule has 0 fully saturated rings. The molecule has 2 N–H and O–H groups in total. The largest absolute Gasteiger partial charge is 0.506 e. The number of non-ortho nitro benzene ring substituents is 1. The number of phenolic OH excluding ortho intramolecular Hbond substituents is 1. The van der Waals surface area contributed by atoms with Crippen molar-refractivity contribution in [2.45, 2.75) is 19.9 Å². The Kier molecular flexibility index (Phi) is 5.12. The third-order valence-electron chi connectivity index (χ3n) is 3.12. The molecule has 8 nitrogen and oxygen atoms in total. The van der Waals surface area contributed by atoms with E-state index in [-0.39, 0.29) is 21.6 Å². The van der Waals surface area contributed by atoms with E-state index < -0.39 is 29.5 Å². The van der Waals surface area contributed by atoms with E-state index in [0.29, 0.717) is 5.69 Å². The lowest BCUT2D eigenvalue weighted by Crippen LogP contribution is -2.20. The van der Waals surface area contributed by atoms with Crippen LogP contribution in [0.5, 0.6) is 5.75 Å². The number of benzene rings is 1. The van der Waals surface area contributed by atoms with Gasteiger partial charge in [-0.1, -0.05) is 0 Å². The minimum Gasteiger partial charge on any atom is -0.506 e. The number of carbonyl (C=O) groups excluding carboxylic acids is 1. The van der Waals surface area contributed by atoms with Gasteiger partial charge >= 0.3 is 0 Å². The third-order valence-corrected chi connectivity index (χ3v) is 4.10. The summed E-state index contributed by atoms with van der Waals surface area (Å²) in [6.07, 6.45) is -2.80. The minimum absolute atomic E-state index is 0.100. The van der Waals surface area contributed by atoms with E-state index in [2.05, 4.69) is 26.3 Å². The maximum absolute atomic E-state index is 12.8. The van der Waals surface area contributed by atoms with Crippen LogP contribution in [0.3, 0.4) is 0 Å². The summed E-state index contributed by atoms with van der Waals surface area (Å²) in [5.41, 5.74) is -0.643. The second-order valence-electron chi connectivity index (χ2n) is 4.75. The zero-order valence-corrected chi connectivity index (χ0v) is 13.7. The van der Waals surface area contributed by atoms with Gasteiger partial charge in [0.1, 0.15) is 18.0 Å². The first kappa shape index (κ1) is 17.8. The van der Waals surface area contributed by atoms with Crippen LogP contribution in [0.1, 0.15) is 17.8 Å². The summed E-state index contributed by atoms with van der Waals surface area (Å²) in [5, 5.41) is 26.3. The lowest BCUT2D eigenvalue weighted by Gasteiger charge is -2.08.